The lowest BCUT2D eigenvalue weighted by Crippen LogP contribution is -2.41. The summed E-state index contributed by atoms with van der Waals surface area (Å²) in [5, 5.41) is 0. The van der Waals surface area contributed by atoms with E-state index in [2.05, 4.69) is 0 Å². The van der Waals surface area contributed by atoms with Crippen LogP contribution in [0.15, 0.2) is 42.5 Å². The summed E-state index contributed by atoms with van der Waals surface area (Å²) >= 11 is 0. The molecular formula is C17H16FNO3. The van der Waals surface area contributed by atoms with Crippen LogP contribution in [0.3, 0.4) is 0 Å². The molecule has 4 nitrogen and oxygen atoms in total. The van der Waals surface area contributed by atoms with Gasteiger partial charge < -0.3 is 14.4 Å². The van der Waals surface area contributed by atoms with Crippen molar-refractivity contribution in [1.29, 1.82) is 0 Å². The van der Waals surface area contributed by atoms with Crippen molar-refractivity contribution in [1.82, 2.24) is 0 Å². The van der Waals surface area contributed by atoms with Crippen molar-refractivity contribution in [2.45, 2.75) is 5.60 Å². The third kappa shape index (κ3) is 1.82. The largest absolute Gasteiger partial charge is 0.497 e. The summed E-state index contributed by atoms with van der Waals surface area (Å²) in [5.41, 5.74) is 0.378. The Morgan fingerprint density at radius 1 is 1.14 bits per heavy atom. The Bertz CT molecular complexity index is 746. The van der Waals surface area contributed by atoms with Crippen LogP contribution in [0.5, 0.6) is 5.75 Å². The van der Waals surface area contributed by atoms with Gasteiger partial charge in [0.15, 0.2) is 5.60 Å². The number of fused-ring (bicyclic) bond motifs is 1. The molecule has 1 unspecified atom stereocenters. The van der Waals surface area contributed by atoms with Gasteiger partial charge in [-0.25, -0.2) is 4.39 Å². The van der Waals surface area contributed by atoms with Crippen molar-refractivity contribution >= 4 is 11.6 Å². The van der Waals surface area contributed by atoms with E-state index >= 15 is 0 Å². The Morgan fingerprint density at radius 2 is 1.91 bits per heavy atom. The molecule has 0 N–H and O–H groups in total. The third-order valence-corrected chi connectivity index (χ3v) is 4.09. The predicted octanol–water partition coefficient (Wildman–Crippen LogP) is 2.70. The van der Waals surface area contributed by atoms with E-state index in [1.54, 1.807) is 44.5 Å². The Kier molecular flexibility index (Phi) is 3.37. The Hall–Kier alpha value is -2.40. The predicted molar refractivity (Wildman–Crippen MR) is 80.6 cm³/mol. The van der Waals surface area contributed by atoms with Crippen molar-refractivity contribution in [2.24, 2.45) is 0 Å². The molecule has 1 heterocycles. The molecular weight excluding hydrogens is 285 g/mol. The van der Waals surface area contributed by atoms with Crippen LogP contribution >= 0.6 is 0 Å². The molecule has 114 valence electrons. The van der Waals surface area contributed by atoms with Crippen molar-refractivity contribution in [2.75, 3.05) is 26.2 Å². The first-order valence-electron chi connectivity index (χ1n) is 6.82. The molecule has 1 aliphatic heterocycles. The second-order valence-corrected chi connectivity index (χ2v) is 5.14. The van der Waals surface area contributed by atoms with E-state index in [0.717, 1.165) is 0 Å². The molecule has 0 saturated carbocycles. The van der Waals surface area contributed by atoms with Gasteiger partial charge in [-0.05, 0) is 30.3 Å². The number of anilines is 1. The average Bonchev–Trinajstić information content (AvgIpc) is 2.76. The van der Waals surface area contributed by atoms with Crippen LogP contribution in [0.25, 0.3) is 0 Å². The highest BCUT2D eigenvalue weighted by Gasteiger charge is 2.52. The zero-order valence-electron chi connectivity index (χ0n) is 12.6. The van der Waals surface area contributed by atoms with Crippen molar-refractivity contribution in [3.8, 4) is 5.75 Å². The first-order chi connectivity index (χ1) is 10.5. The van der Waals surface area contributed by atoms with Gasteiger partial charge in [0.2, 0.25) is 0 Å². The van der Waals surface area contributed by atoms with Gasteiger partial charge in [0.05, 0.1) is 12.8 Å². The second-order valence-electron chi connectivity index (χ2n) is 5.14. The Labute approximate surface area is 128 Å². The van der Waals surface area contributed by atoms with Crippen LogP contribution in [-0.4, -0.2) is 27.2 Å². The summed E-state index contributed by atoms with van der Waals surface area (Å²) < 4.78 is 24.6. The maximum absolute atomic E-state index is 13.7. The number of halogens is 1. The number of hydrogen-bond donors (Lipinski definition) is 0. The van der Waals surface area contributed by atoms with E-state index < -0.39 is 11.4 Å². The van der Waals surface area contributed by atoms with Gasteiger partial charge in [0, 0.05) is 25.3 Å². The van der Waals surface area contributed by atoms with Crippen molar-refractivity contribution in [3.05, 3.63) is 59.4 Å². The van der Waals surface area contributed by atoms with Crippen LogP contribution in [0, 0.1) is 5.82 Å². The number of hydrogen-bond acceptors (Lipinski definition) is 3. The van der Waals surface area contributed by atoms with Gasteiger partial charge in [0.25, 0.3) is 5.91 Å². The second kappa shape index (κ2) is 5.10. The smallest absolute Gasteiger partial charge is 0.268 e. The maximum Gasteiger partial charge on any atom is 0.268 e. The molecule has 2 aromatic carbocycles. The van der Waals surface area contributed by atoms with E-state index in [-0.39, 0.29) is 5.91 Å². The van der Waals surface area contributed by atoms with Gasteiger partial charge in [-0.3, -0.25) is 4.79 Å². The molecule has 0 bridgehead atoms. The molecule has 22 heavy (non-hydrogen) atoms. The molecule has 0 spiro atoms. The standard InChI is InChI=1S/C17H16FNO3/c1-19-15-8-7-12(18)10-14(15)17(22-3,16(19)20)11-5-4-6-13(9-11)21-2/h4-10H,1-3H3. The minimum Gasteiger partial charge on any atom is -0.497 e. The minimum absolute atomic E-state index is 0.260. The topological polar surface area (TPSA) is 38.8 Å². The lowest BCUT2D eigenvalue weighted by Gasteiger charge is -2.27. The van der Waals surface area contributed by atoms with Crippen molar-refractivity contribution in [3.63, 3.8) is 0 Å². The normalized spacial score (nSPS) is 20.2. The Morgan fingerprint density at radius 3 is 2.59 bits per heavy atom. The fourth-order valence-corrected chi connectivity index (χ4v) is 2.98. The van der Waals surface area contributed by atoms with Crippen LogP contribution in [-0.2, 0) is 15.1 Å². The number of likely N-dealkylation sites (N-methyl/N-ethyl adjacent to an activating group) is 1. The molecule has 0 fully saturated rings. The summed E-state index contributed by atoms with van der Waals surface area (Å²) in [7, 11) is 4.65. The summed E-state index contributed by atoms with van der Waals surface area (Å²) in [6.45, 7) is 0. The fraction of sp³-hybridized carbons (Fsp3) is 0.235. The highest BCUT2D eigenvalue weighted by molar-refractivity contribution is 6.09. The highest BCUT2D eigenvalue weighted by Crippen LogP contribution is 2.46. The summed E-state index contributed by atoms with van der Waals surface area (Å²) in [5.74, 6) is -0.0655. The summed E-state index contributed by atoms with van der Waals surface area (Å²) in [6, 6.07) is 11.3. The first-order valence-corrected chi connectivity index (χ1v) is 6.82. The van der Waals surface area contributed by atoms with E-state index in [9.17, 15) is 9.18 Å². The lowest BCUT2D eigenvalue weighted by molar-refractivity contribution is -0.134. The maximum atomic E-state index is 13.7. The minimum atomic E-state index is -1.36. The molecule has 1 amide bonds. The first kappa shape index (κ1) is 14.5. The number of rotatable bonds is 3. The van der Waals surface area contributed by atoms with E-state index in [4.69, 9.17) is 9.47 Å². The zero-order chi connectivity index (χ0) is 15.9. The number of ether oxygens (including phenoxy) is 2. The number of carbonyl (C=O) groups excluding carboxylic acids is 1. The highest BCUT2D eigenvalue weighted by atomic mass is 19.1. The van der Waals surface area contributed by atoms with Gasteiger partial charge in [-0.15, -0.1) is 0 Å². The van der Waals surface area contributed by atoms with E-state index in [1.165, 1.54) is 24.1 Å². The van der Waals surface area contributed by atoms with Crippen LogP contribution in [0.1, 0.15) is 11.1 Å². The zero-order valence-corrected chi connectivity index (χ0v) is 12.6. The van der Waals surface area contributed by atoms with Crippen molar-refractivity contribution < 1.29 is 18.7 Å². The lowest BCUT2D eigenvalue weighted by atomic mass is 9.87. The number of benzene rings is 2. The Balaban J connectivity index is 2.29. The van der Waals surface area contributed by atoms with Gasteiger partial charge in [0.1, 0.15) is 11.6 Å². The summed E-state index contributed by atoms with van der Waals surface area (Å²) in [6.07, 6.45) is 0. The molecule has 0 aliphatic carbocycles. The average molecular weight is 301 g/mol. The van der Waals surface area contributed by atoms with Crippen LogP contribution < -0.4 is 9.64 Å². The molecule has 0 aromatic heterocycles. The van der Waals surface area contributed by atoms with E-state index in [1.807, 2.05) is 0 Å². The molecule has 0 saturated heterocycles. The molecule has 0 radical (unpaired) electrons. The SMILES string of the molecule is COc1cccc(C2(OC)C(=O)N(C)c3ccc(F)cc32)c1. The van der Waals surface area contributed by atoms with Crippen LogP contribution in [0.2, 0.25) is 0 Å². The molecule has 3 rings (SSSR count). The number of carbonyl (C=O) groups is 1. The monoisotopic (exact) mass is 301 g/mol. The van der Waals surface area contributed by atoms with Gasteiger partial charge in [-0.1, -0.05) is 12.1 Å². The van der Waals surface area contributed by atoms with Gasteiger partial charge >= 0.3 is 0 Å². The molecule has 2 aromatic rings. The summed E-state index contributed by atoms with van der Waals surface area (Å²) in [4.78, 5) is 14.3. The molecule has 5 heteroatoms. The third-order valence-electron chi connectivity index (χ3n) is 4.09. The molecule has 1 atom stereocenters. The fourth-order valence-electron chi connectivity index (χ4n) is 2.98. The number of methoxy groups -OCH3 is 2. The van der Waals surface area contributed by atoms with Gasteiger partial charge in [-0.2, -0.15) is 0 Å². The van der Waals surface area contributed by atoms with Crippen LogP contribution in [0.4, 0.5) is 10.1 Å². The number of nitrogens with zero attached hydrogens (tertiary/aromatic N) is 1. The van der Waals surface area contributed by atoms with E-state index in [0.29, 0.717) is 22.6 Å². The quantitative estimate of drug-likeness (QED) is 0.875. The molecule has 1 aliphatic rings. The number of amides is 1.